The molecule has 0 unspecified atom stereocenters. The second-order valence-corrected chi connectivity index (χ2v) is 5.55. The van der Waals surface area contributed by atoms with Gasteiger partial charge in [0.05, 0.1) is 22.5 Å². The molecule has 0 aliphatic carbocycles. The Morgan fingerprint density at radius 3 is 2.44 bits per heavy atom. The second-order valence-electron chi connectivity index (χ2n) is 4.75. The molecular formula is C12H17BrN2O3. The molecule has 100 valence electrons. The van der Waals surface area contributed by atoms with Crippen LogP contribution in [0.4, 0.5) is 0 Å². The number of ether oxygens (including phenoxy) is 3. The predicted molar refractivity (Wildman–Crippen MR) is 69.6 cm³/mol. The number of nitrogens with zero attached hydrogens (tertiary/aromatic N) is 2. The van der Waals surface area contributed by atoms with Gasteiger partial charge in [0.1, 0.15) is 12.7 Å². The molecule has 1 saturated heterocycles. The number of hydrogen-bond acceptors (Lipinski definition) is 5. The number of aryl methyl sites for hydroxylation is 2. The van der Waals surface area contributed by atoms with Gasteiger partial charge < -0.3 is 14.2 Å². The van der Waals surface area contributed by atoms with E-state index in [0.29, 0.717) is 19.2 Å². The van der Waals surface area contributed by atoms with Crippen LogP contribution in [0.2, 0.25) is 0 Å². The monoisotopic (exact) mass is 316 g/mol. The smallest absolute Gasteiger partial charge is 0.316 e. The fourth-order valence-electron chi connectivity index (χ4n) is 1.75. The lowest BCUT2D eigenvalue weighted by atomic mass is 10.3. The quantitative estimate of drug-likeness (QED) is 0.857. The van der Waals surface area contributed by atoms with E-state index in [1.807, 2.05) is 27.7 Å². The molecule has 2 heterocycles. The Morgan fingerprint density at radius 1 is 1.33 bits per heavy atom. The summed E-state index contributed by atoms with van der Waals surface area (Å²) in [7, 11) is 0. The van der Waals surface area contributed by atoms with Crippen molar-refractivity contribution in [1.82, 2.24) is 9.97 Å². The molecule has 0 N–H and O–H groups in total. The fourth-order valence-corrected chi connectivity index (χ4v) is 1.93. The number of halogens is 1. The molecule has 1 aromatic rings. The zero-order valence-corrected chi connectivity index (χ0v) is 12.6. The number of rotatable bonds is 3. The van der Waals surface area contributed by atoms with Crippen LogP contribution in [-0.4, -0.2) is 35.1 Å². The Morgan fingerprint density at radius 2 is 1.94 bits per heavy atom. The highest BCUT2D eigenvalue weighted by atomic mass is 79.9. The molecule has 5 nitrogen and oxygen atoms in total. The Hall–Kier alpha value is -0.720. The summed E-state index contributed by atoms with van der Waals surface area (Å²) in [5.41, 5.74) is 1.72. The van der Waals surface area contributed by atoms with Crippen LogP contribution >= 0.6 is 15.9 Å². The summed E-state index contributed by atoms with van der Waals surface area (Å²) in [5.74, 6) is -0.527. The van der Waals surface area contributed by atoms with Crippen LogP contribution in [0.25, 0.3) is 0 Å². The molecule has 0 amide bonds. The Labute approximate surface area is 115 Å². The first kappa shape index (κ1) is 13.7. The van der Waals surface area contributed by atoms with Gasteiger partial charge >= 0.3 is 6.01 Å². The zero-order valence-electron chi connectivity index (χ0n) is 11.0. The van der Waals surface area contributed by atoms with Crippen molar-refractivity contribution in [3.63, 3.8) is 0 Å². The van der Waals surface area contributed by atoms with Gasteiger partial charge in [-0.3, -0.25) is 0 Å². The molecule has 18 heavy (non-hydrogen) atoms. The SMILES string of the molecule is Cc1nc(OC[C@H]2COC(C)(C)O2)nc(C)c1Br. The van der Waals surface area contributed by atoms with Crippen molar-refractivity contribution in [3.8, 4) is 6.01 Å². The summed E-state index contributed by atoms with van der Waals surface area (Å²) in [6.07, 6.45) is -0.0761. The predicted octanol–water partition coefficient (Wildman–Crippen LogP) is 2.39. The van der Waals surface area contributed by atoms with Gasteiger partial charge in [0, 0.05) is 0 Å². The third kappa shape index (κ3) is 3.18. The fraction of sp³-hybridized carbons (Fsp3) is 0.667. The van der Waals surface area contributed by atoms with Crippen molar-refractivity contribution in [2.75, 3.05) is 13.2 Å². The van der Waals surface area contributed by atoms with Gasteiger partial charge in [-0.05, 0) is 43.6 Å². The summed E-state index contributed by atoms with van der Waals surface area (Å²) < 4.78 is 17.6. The molecule has 0 saturated carbocycles. The molecule has 0 spiro atoms. The Balaban J connectivity index is 1.95. The van der Waals surface area contributed by atoms with E-state index in [0.717, 1.165) is 15.9 Å². The van der Waals surface area contributed by atoms with Gasteiger partial charge in [0.2, 0.25) is 0 Å². The normalized spacial score (nSPS) is 22.2. The molecule has 1 atom stereocenters. The Kier molecular flexibility index (Phi) is 3.89. The molecular weight excluding hydrogens is 300 g/mol. The molecule has 1 aliphatic rings. The van der Waals surface area contributed by atoms with Crippen LogP contribution < -0.4 is 4.74 Å². The molecule has 6 heteroatoms. The minimum absolute atomic E-state index is 0.0761. The molecule has 0 aromatic carbocycles. The standard InChI is InChI=1S/C12H17BrN2O3/c1-7-10(13)8(2)15-11(14-7)16-5-9-6-17-12(3,4)18-9/h9H,5-6H2,1-4H3/t9-/m0/s1. The number of aromatic nitrogens is 2. The summed E-state index contributed by atoms with van der Waals surface area (Å²) in [6.45, 7) is 8.51. The van der Waals surface area contributed by atoms with E-state index in [9.17, 15) is 0 Å². The maximum atomic E-state index is 5.64. The minimum atomic E-state index is -0.527. The summed E-state index contributed by atoms with van der Waals surface area (Å²) in [6, 6.07) is 0.376. The van der Waals surface area contributed by atoms with Gasteiger partial charge in [-0.25, -0.2) is 0 Å². The third-order valence-electron chi connectivity index (χ3n) is 2.63. The van der Waals surface area contributed by atoms with Gasteiger partial charge in [-0.1, -0.05) is 0 Å². The lowest BCUT2D eigenvalue weighted by Gasteiger charge is -2.17. The van der Waals surface area contributed by atoms with Crippen molar-refractivity contribution in [2.24, 2.45) is 0 Å². The van der Waals surface area contributed by atoms with E-state index in [4.69, 9.17) is 14.2 Å². The molecule has 1 aliphatic heterocycles. The molecule has 1 fully saturated rings. The summed E-state index contributed by atoms with van der Waals surface area (Å²) in [5, 5.41) is 0. The van der Waals surface area contributed by atoms with E-state index < -0.39 is 5.79 Å². The topological polar surface area (TPSA) is 53.5 Å². The van der Waals surface area contributed by atoms with Crippen LogP contribution in [0.3, 0.4) is 0 Å². The molecule has 0 radical (unpaired) electrons. The minimum Gasteiger partial charge on any atom is -0.461 e. The average molecular weight is 317 g/mol. The lowest BCUT2D eigenvalue weighted by Crippen LogP contribution is -2.25. The maximum absolute atomic E-state index is 5.64. The van der Waals surface area contributed by atoms with Crippen molar-refractivity contribution >= 4 is 15.9 Å². The molecule has 2 rings (SSSR count). The van der Waals surface area contributed by atoms with Gasteiger partial charge in [0.15, 0.2) is 5.79 Å². The highest BCUT2D eigenvalue weighted by Gasteiger charge is 2.33. The van der Waals surface area contributed by atoms with Gasteiger partial charge in [-0.15, -0.1) is 0 Å². The highest BCUT2D eigenvalue weighted by Crippen LogP contribution is 2.23. The second kappa shape index (κ2) is 5.11. The largest absolute Gasteiger partial charge is 0.461 e. The molecule has 0 bridgehead atoms. The van der Waals surface area contributed by atoms with E-state index in [-0.39, 0.29) is 6.10 Å². The van der Waals surface area contributed by atoms with Crippen LogP contribution in [0.1, 0.15) is 25.2 Å². The van der Waals surface area contributed by atoms with E-state index in [1.165, 1.54) is 0 Å². The third-order valence-corrected chi connectivity index (χ3v) is 3.78. The maximum Gasteiger partial charge on any atom is 0.316 e. The van der Waals surface area contributed by atoms with Crippen molar-refractivity contribution in [2.45, 2.75) is 39.6 Å². The zero-order chi connectivity index (χ0) is 13.3. The van der Waals surface area contributed by atoms with Gasteiger partial charge in [-0.2, -0.15) is 9.97 Å². The van der Waals surface area contributed by atoms with Crippen LogP contribution in [0.5, 0.6) is 6.01 Å². The van der Waals surface area contributed by atoms with Crippen molar-refractivity contribution in [3.05, 3.63) is 15.9 Å². The van der Waals surface area contributed by atoms with E-state index >= 15 is 0 Å². The van der Waals surface area contributed by atoms with Crippen molar-refractivity contribution in [1.29, 1.82) is 0 Å². The van der Waals surface area contributed by atoms with E-state index in [1.54, 1.807) is 0 Å². The highest BCUT2D eigenvalue weighted by molar-refractivity contribution is 9.10. The van der Waals surface area contributed by atoms with Gasteiger partial charge in [0.25, 0.3) is 0 Å². The summed E-state index contributed by atoms with van der Waals surface area (Å²) in [4.78, 5) is 8.51. The first-order chi connectivity index (χ1) is 8.37. The van der Waals surface area contributed by atoms with Crippen molar-refractivity contribution < 1.29 is 14.2 Å². The first-order valence-corrected chi connectivity index (χ1v) is 6.62. The Bertz CT molecular complexity index is 428. The van der Waals surface area contributed by atoms with E-state index in [2.05, 4.69) is 25.9 Å². The summed E-state index contributed by atoms with van der Waals surface area (Å²) >= 11 is 3.42. The van der Waals surface area contributed by atoms with Crippen LogP contribution in [-0.2, 0) is 9.47 Å². The average Bonchev–Trinajstić information content (AvgIpc) is 2.63. The number of hydrogen-bond donors (Lipinski definition) is 0. The molecule has 1 aromatic heterocycles. The van der Waals surface area contributed by atoms with Crippen LogP contribution in [0, 0.1) is 13.8 Å². The first-order valence-electron chi connectivity index (χ1n) is 5.83. The van der Waals surface area contributed by atoms with Crippen LogP contribution in [0.15, 0.2) is 4.47 Å². The lowest BCUT2D eigenvalue weighted by molar-refractivity contribution is -0.141.